The molecule has 4 heteroatoms. The Balaban J connectivity index is 1.88. The second-order valence-electron chi connectivity index (χ2n) is 4.45. The fourth-order valence-electron chi connectivity index (χ4n) is 1.72. The molecule has 2 rings (SSSR count). The summed E-state index contributed by atoms with van der Waals surface area (Å²) in [6.07, 6.45) is 2.63. The van der Waals surface area contributed by atoms with Gasteiger partial charge in [-0.2, -0.15) is 11.8 Å². The van der Waals surface area contributed by atoms with Gasteiger partial charge in [-0.1, -0.05) is 22.9 Å². The quantitative estimate of drug-likeness (QED) is 0.732. The van der Waals surface area contributed by atoms with Crippen LogP contribution in [0.25, 0.3) is 0 Å². The van der Waals surface area contributed by atoms with E-state index in [4.69, 9.17) is 4.74 Å². The molecule has 0 spiro atoms. The first kappa shape index (κ1) is 14.2. The molecule has 2 nitrogen and oxygen atoms in total. The van der Waals surface area contributed by atoms with Gasteiger partial charge in [0.15, 0.2) is 0 Å². The summed E-state index contributed by atoms with van der Waals surface area (Å²) < 4.78 is 6.98. The predicted octanol–water partition coefficient (Wildman–Crippen LogP) is 3.83. The third-order valence-electron chi connectivity index (χ3n) is 2.87. The molecule has 0 heterocycles. The molecule has 100 valence electrons. The smallest absolute Gasteiger partial charge is 0.123 e. The van der Waals surface area contributed by atoms with E-state index in [-0.39, 0.29) is 0 Å². The lowest BCUT2D eigenvalue weighted by Crippen LogP contribution is -2.16. The molecule has 1 fully saturated rings. The summed E-state index contributed by atoms with van der Waals surface area (Å²) in [6.45, 7) is 3.87. The van der Waals surface area contributed by atoms with Crippen molar-refractivity contribution in [3.05, 3.63) is 28.2 Å². The van der Waals surface area contributed by atoms with Gasteiger partial charge in [0.1, 0.15) is 5.75 Å². The van der Waals surface area contributed by atoms with Crippen LogP contribution in [0.3, 0.4) is 0 Å². The van der Waals surface area contributed by atoms with Crippen LogP contribution in [-0.4, -0.2) is 24.2 Å². The summed E-state index contributed by atoms with van der Waals surface area (Å²) in [5, 5.41) is 3.54. The van der Waals surface area contributed by atoms with Gasteiger partial charge in [0.2, 0.25) is 0 Å². The highest BCUT2D eigenvalue weighted by molar-refractivity contribution is 9.10. The molecule has 18 heavy (non-hydrogen) atoms. The SMILES string of the molecule is CCSCCOc1ccc(Br)cc1CNC1CC1. The van der Waals surface area contributed by atoms with Gasteiger partial charge in [-0.25, -0.2) is 0 Å². The molecule has 1 aromatic carbocycles. The van der Waals surface area contributed by atoms with Crippen LogP contribution in [0.4, 0.5) is 0 Å². The normalized spacial score (nSPS) is 14.8. The van der Waals surface area contributed by atoms with Crippen molar-refractivity contribution in [3.8, 4) is 5.75 Å². The highest BCUT2D eigenvalue weighted by Crippen LogP contribution is 2.25. The average molecular weight is 330 g/mol. The Bertz CT molecular complexity index is 382. The van der Waals surface area contributed by atoms with Crippen LogP contribution < -0.4 is 10.1 Å². The van der Waals surface area contributed by atoms with E-state index in [9.17, 15) is 0 Å². The van der Waals surface area contributed by atoms with E-state index >= 15 is 0 Å². The summed E-state index contributed by atoms with van der Waals surface area (Å²) >= 11 is 5.44. The highest BCUT2D eigenvalue weighted by Gasteiger charge is 2.20. The first-order valence-corrected chi connectivity index (χ1v) is 8.46. The number of hydrogen-bond acceptors (Lipinski definition) is 3. The van der Waals surface area contributed by atoms with Gasteiger partial charge in [-0.05, 0) is 36.8 Å². The summed E-state index contributed by atoms with van der Waals surface area (Å²) in [5.74, 6) is 3.23. The molecule has 0 aliphatic heterocycles. The topological polar surface area (TPSA) is 21.3 Å². The number of ether oxygens (including phenoxy) is 1. The lowest BCUT2D eigenvalue weighted by Gasteiger charge is -2.12. The van der Waals surface area contributed by atoms with Crippen LogP contribution in [-0.2, 0) is 6.54 Å². The molecule has 1 saturated carbocycles. The number of hydrogen-bond donors (Lipinski definition) is 1. The van der Waals surface area contributed by atoms with Crippen molar-refractivity contribution in [1.82, 2.24) is 5.32 Å². The third kappa shape index (κ3) is 4.82. The van der Waals surface area contributed by atoms with Crippen molar-refractivity contribution in [1.29, 1.82) is 0 Å². The second-order valence-corrected chi connectivity index (χ2v) is 6.76. The minimum atomic E-state index is 0.729. The maximum atomic E-state index is 5.87. The van der Waals surface area contributed by atoms with Gasteiger partial charge in [0, 0.05) is 28.4 Å². The lowest BCUT2D eigenvalue weighted by molar-refractivity contribution is 0.339. The minimum Gasteiger partial charge on any atom is -0.492 e. The number of thioether (sulfide) groups is 1. The monoisotopic (exact) mass is 329 g/mol. The van der Waals surface area contributed by atoms with Gasteiger partial charge in [0.05, 0.1) is 6.61 Å². The van der Waals surface area contributed by atoms with Crippen LogP contribution in [0.1, 0.15) is 25.3 Å². The Labute approximate surface area is 122 Å². The van der Waals surface area contributed by atoms with Gasteiger partial charge in [0.25, 0.3) is 0 Å². The molecule has 1 aliphatic rings. The number of rotatable bonds is 8. The summed E-state index contributed by atoms with van der Waals surface area (Å²) in [6, 6.07) is 6.98. The van der Waals surface area contributed by atoms with E-state index in [1.54, 1.807) is 0 Å². The molecular weight excluding hydrogens is 310 g/mol. The van der Waals surface area contributed by atoms with E-state index in [0.29, 0.717) is 0 Å². The number of nitrogens with one attached hydrogen (secondary N) is 1. The van der Waals surface area contributed by atoms with Gasteiger partial charge < -0.3 is 10.1 Å². The Kier molecular flexibility index (Phi) is 5.86. The zero-order chi connectivity index (χ0) is 12.8. The maximum Gasteiger partial charge on any atom is 0.123 e. The summed E-state index contributed by atoms with van der Waals surface area (Å²) in [7, 11) is 0. The largest absolute Gasteiger partial charge is 0.492 e. The molecule has 0 saturated heterocycles. The molecule has 0 unspecified atom stereocenters. The standard InChI is InChI=1S/C14H20BrNOS/c1-2-18-8-7-17-14-6-3-12(15)9-11(14)10-16-13-4-5-13/h3,6,9,13,16H,2,4-5,7-8,10H2,1H3. The fourth-order valence-corrected chi connectivity index (χ4v) is 2.62. The van der Waals surface area contributed by atoms with Crippen LogP contribution in [0.15, 0.2) is 22.7 Å². The second kappa shape index (κ2) is 7.41. The van der Waals surface area contributed by atoms with Gasteiger partial charge in [-0.15, -0.1) is 0 Å². The van der Waals surface area contributed by atoms with Crippen LogP contribution in [0, 0.1) is 0 Å². The molecule has 1 aliphatic carbocycles. The van der Waals surface area contributed by atoms with Gasteiger partial charge in [-0.3, -0.25) is 0 Å². The van der Waals surface area contributed by atoms with Crippen molar-refractivity contribution in [2.75, 3.05) is 18.1 Å². The molecule has 0 radical (unpaired) electrons. The van der Waals surface area contributed by atoms with E-state index in [1.807, 2.05) is 17.8 Å². The van der Waals surface area contributed by atoms with Crippen molar-refractivity contribution in [3.63, 3.8) is 0 Å². The highest BCUT2D eigenvalue weighted by atomic mass is 79.9. The Morgan fingerprint density at radius 3 is 3.00 bits per heavy atom. The zero-order valence-corrected chi connectivity index (χ0v) is 13.1. The number of halogens is 1. The van der Waals surface area contributed by atoms with Crippen molar-refractivity contribution in [2.45, 2.75) is 32.4 Å². The Hall–Kier alpha value is -0.190. The van der Waals surface area contributed by atoms with E-state index in [2.05, 4.69) is 40.3 Å². The minimum absolute atomic E-state index is 0.729. The van der Waals surface area contributed by atoms with Crippen molar-refractivity contribution in [2.24, 2.45) is 0 Å². The van der Waals surface area contributed by atoms with E-state index < -0.39 is 0 Å². The third-order valence-corrected chi connectivity index (χ3v) is 4.23. The first-order valence-electron chi connectivity index (χ1n) is 6.52. The van der Waals surface area contributed by atoms with Crippen LogP contribution in [0.5, 0.6) is 5.75 Å². The first-order chi connectivity index (χ1) is 8.79. The predicted molar refractivity (Wildman–Crippen MR) is 82.5 cm³/mol. The Morgan fingerprint density at radius 2 is 2.28 bits per heavy atom. The fraction of sp³-hybridized carbons (Fsp3) is 0.571. The Morgan fingerprint density at radius 1 is 1.44 bits per heavy atom. The lowest BCUT2D eigenvalue weighted by atomic mass is 10.2. The van der Waals surface area contributed by atoms with Crippen molar-refractivity contribution >= 4 is 27.7 Å². The molecule has 0 amide bonds. The maximum absolute atomic E-state index is 5.87. The zero-order valence-electron chi connectivity index (χ0n) is 10.7. The van der Waals surface area contributed by atoms with Crippen LogP contribution in [0.2, 0.25) is 0 Å². The van der Waals surface area contributed by atoms with Crippen LogP contribution >= 0.6 is 27.7 Å². The number of benzene rings is 1. The average Bonchev–Trinajstić information content (AvgIpc) is 3.18. The van der Waals surface area contributed by atoms with Crippen molar-refractivity contribution < 1.29 is 4.74 Å². The van der Waals surface area contributed by atoms with E-state index in [1.165, 1.54) is 18.4 Å². The molecule has 0 atom stereocenters. The molecular formula is C14H20BrNOS. The van der Waals surface area contributed by atoms with E-state index in [0.717, 1.165) is 40.9 Å². The summed E-state index contributed by atoms with van der Waals surface area (Å²) in [4.78, 5) is 0. The molecule has 0 aromatic heterocycles. The van der Waals surface area contributed by atoms with Gasteiger partial charge >= 0.3 is 0 Å². The molecule has 1 N–H and O–H groups in total. The molecule has 1 aromatic rings. The molecule has 0 bridgehead atoms. The summed E-state index contributed by atoms with van der Waals surface area (Å²) in [5.41, 5.74) is 1.25.